The lowest BCUT2D eigenvalue weighted by Crippen LogP contribution is -2.10. The fourth-order valence-electron chi connectivity index (χ4n) is 1.89. The summed E-state index contributed by atoms with van der Waals surface area (Å²) >= 11 is 0. The van der Waals surface area contributed by atoms with E-state index in [0.29, 0.717) is 11.3 Å². The van der Waals surface area contributed by atoms with Gasteiger partial charge in [-0.05, 0) is 30.3 Å². The smallest absolute Gasteiger partial charge is 0.257 e. The summed E-state index contributed by atoms with van der Waals surface area (Å²) < 4.78 is 0. The quantitative estimate of drug-likeness (QED) is 0.604. The highest BCUT2D eigenvalue weighted by atomic mass is 16.1. The minimum atomic E-state index is -0.148. The van der Waals surface area contributed by atoms with Crippen molar-refractivity contribution in [2.75, 3.05) is 16.4 Å². The van der Waals surface area contributed by atoms with Crippen LogP contribution < -0.4 is 16.4 Å². The molecule has 0 spiro atoms. The summed E-state index contributed by atoms with van der Waals surface area (Å²) in [5.74, 6) is -0.148. The minimum Gasteiger partial charge on any atom is -0.399 e. The van der Waals surface area contributed by atoms with Crippen molar-refractivity contribution in [2.24, 2.45) is 0 Å². The lowest BCUT2D eigenvalue weighted by Gasteiger charge is -2.07. The van der Waals surface area contributed by atoms with Crippen molar-refractivity contribution < 1.29 is 4.79 Å². The van der Waals surface area contributed by atoms with Crippen LogP contribution in [0.2, 0.25) is 0 Å². The molecule has 3 rings (SSSR count). The van der Waals surface area contributed by atoms with Crippen molar-refractivity contribution in [2.45, 2.75) is 0 Å². The molecule has 0 fully saturated rings. The highest BCUT2D eigenvalue weighted by Gasteiger charge is 2.18. The van der Waals surface area contributed by atoms with Crippen LogP contribution >= 0.6 is 0 Å². The van der Waals surface area contributed by atoms with Crippen LogP contribution in [0.4, 0.5) is 22.7 Å². The molecule has 0 saturated carbocycles. The Kier molecular flexibility index (Phi) is 2.01. The Morgan fingerprint density at radius 2 is 1.59 bits per heavy atom. The topological polar surface area (TPSA) is 67.2 Å². The van der Waals surface area contributed by atoms with Crippen molar-refractivity contribution in [3.8, 4) is 0 Å². The van der Waals surface area contributed by atoms with Crippen LogP contribution in [0.5, 0.6) is 0 Å². The molecule has 2 aromatic carbocycles. The monoisotopic (exact) mass is 225 g/mol. The summed E-state index contributed by atoms with van der Waals surface area (Å²) in [5, 5.41) is 6.07. The first-order valence-electron chi connectivity index (χ1n) is 5.31. The maximum Gasteiger partial charge on any atom is 0.257 e. The van der Waals surface area contributed by atoms with Crippen LogP contribution in [0.25, 0.3) is 0 Å². The van der Waals surface area contributed by atoms with Gasteiger partial charge in [-0.25, -0.2) is 0 Å². The zero-order chi connectivity index (χ0) is 11.8. The maximum atomic E-state index is 12.0. The molecule has 0 saturated heterocycles. The molecule has 2 aromatic rings. The molecule has 4 heteroatoms. The Morgan fingerprint density at radius 3 is 2.35 bits per heavy atom. The normalized spacial score (nSPS) is 12.8. The average molecular weight is 225 g/mol. The van der Waals surface area contributed by atoms with Crippen molar-refractivity contribution in [3.63, 3.8) is 0 Å². The third-order valence-electron chi connectivity index (χ3n) is 2.73. The molecular weight excluding hydrogens is 214 g/mol. The fraction of sp³-hybridized carbons (Fsp3) is 0. The van der Waals surface area contributed by atoms with Gasteiger partial charge in [-0.2, -0.15) is 0 Å². The number of nitrogens with two attached hydrogens (primary N) is 1. The molecule has 0 atom stereocenters. The van der Waals surface area contributed by atoms with Gasteiger partial charge in [0.25, 0.3) is 5.91 Å². The van der Waals surface area contributed by atoms with Crippen LogP contribution in [0, 0.1) is 0 Å². The van der Waals surface area contributed by atoms with E-state index in [-0.39, 0.29) is 5.91 Å². The zero-order valence-corrected chi connectivity index (χ0v) is 9.03. The van der Waals surface area contributed by atoms with E-state index < -0.39 is 0 Å². The number of benzene rings is 2. The van der Waals surface area contributed by atoms with Crippen molar-refractivity contribution in [1.82, 2.24) is 0 Å². The molecule has 0 radical (unpaired) electrons. The van der Waals surface area contributed by atoms with E-state index in [1.807, 2.05) is 30.3 Å². The van der Waals surface area contributed by atoms with Crippen molar-refractivity contribution >= 4 is 28.7 Å². The molecule has 0 aromatic heterocycles. The number of rotatable bonds is 0. The van der Waals surface area contributed by atoms with Crippen molar-refractivity contribution in [1.29, 1.82) is 0 Å². The summed E-state index contributed by atoms with van der Waals surface area (Å²) in [6.45, 7) is 0. The molecule has 1 amide bonds. The molecule has 1 aliphatic rings. The van der Waals surface area contributed by atoms with E-state index in [9.17, 15) is 4.79 Å². The van der Waals surface area contributed by atoms with Gasteiger partial charge in [0, 0.05) is 5.69 Å². The van der Waals surface area contributed by atoms with Gasteiger partial charge in [0.15, 0.2) is 0 Å². The number of hydrogen-bond acceptors (Lipinski definition) is 3. The number of carbonyl (C=O) groups is 1. The first-order valence-corrected chi connectivity index (χ1v) is 5.31. The van der Waals surface area contributed by atoms with Crippen LogP contribution in [0.15, 0.2) is 42.5 Å². The zero-order valence-electron chi connectivity index (χ0n) is 9.03. The molecule has 0 unspecified atom stereocenters. The number of anilines is 4. The van der Waals surface area contributed by atoms with Crippen LogP contribution in [0.3, 0.4) is 0 Å². The highest BCUT2D eigenvalue weighted by molar-refractivity contribution is 6.12. The van der Waals surface area contributed by atoms with Gasteiger partial charge >= 0.3 is 0 Å². The Labute approximate surface area is 98.4 Å². The van der Waals surface area contributed by atoms with Crippen LogP contribution in [-0.2, 0) is 0 Å². The van der Waals surface area contributed by atoms with Gasteiger partial charge in [0.2, 0.25) is 0 Å². The van der Waals surface area contributed by atoms with Gasteiger partial charge in [-0.1, -0.05) is 12.1 Å². The highest BCUT2D eigenvalue weighted by Crippen LogP contribution is 2.32. The van der Waals surface area contributed by atoms with E-state index in [4.69, 9.17) is 5.73 Å². The van der Waals surface area contributed by atoms with E-state index in [1.165, 1.54) is 0 Å². The summed E-state index contributed by atoms with van der Waals surface area (Å²) in [7, 11) is 0. The largest absolute Gasteiger partial charge is 0.399 e. The maximum absolute atomic E-state index is 12.0. The molecule has 0 bridgehead atoms. The van der Waals surface area contributed by atoms with Crippen LogP contribution in [0.1, 0.15) is 10.4 Å². The first-order chi connectivity index (χ1) is 8.24. The summed E-state index contributed by atoms with van der Waals surface area (Å²) in [5.41, 5.74) is 9.24. The second-order valence-corrected chi connectivity index (χ2v) is 3.93. The molecule has 4 nitrogen and oxygen atoms in total. The molecule has 1 aliphatic heterocycles. The number of fused-ring (bicyclic) bond motifs is 2. The molecule has 4 N–H and O–H groups in total. The predicted molar refractivity (Wildman–Crippen MR) is 68.5 cm³/mol. The Hall–Kier alpha value is -2.49. The average Bonchev–Trinajstić information content (AvgIpc) is 2.46. The number of hydrogen-bond donors (Lipinski definition) is 3. The van der Waals surface area contributed by atoms with Crippen LogP contribution in [-0.4, -0.2) is 5.91 Å². The SMILES string of the molecule is Nc1ccc2c(c1)C(=O)Nc1ccccc1N2. The third-order valence-corrected chi connectivity index (χ3v) is 2.73. The van der Waals surface area contributed by atoms with Gasteiger partial charge in [0.05, 0.1) is 22.6 Å². The minimum absolute atomic E-state index is 0.148. The van der Waals surface area contributed by atoms with Gasteiger partial charge < -0.3 is 16.4 Å². The number of nitrogens with one attached hydrogen (secondary N) is 2. The number of carbonyl (C=O) groups excluding carboxylic acids is 1. The van der Waals surface area contributed by atoms with Gasteiger partial charge in [0.1, 0.15) is 0 Å². The lowest BCUT2D eigenvalue weighted by atomic mass is 10.1. The third kappa shape index (κ3) is 1.59. The standard InChI is InChI=1S/C13H11N3O/c14-8-5-6-10-9(7-8)13(17)16-12-4-2-1-3-11(12)15-10/h1-7,15H,14H2,(H,16,17). The molecular formula is C13H11N3O. The van der Waals surface area contributed by atoms with E-state index in [0.717, 1.165) is 17.1 Å². The van der Waals surface area contributed by atoms with Gasteiger partial charge in [-0.15, -0.1) is 0 Å². The molecule has 17 heavy (non-hydrogen) atoms. The Morgan fingerprint density at radius 1 is 0.882 bits per heavy atom. The first kappa shape index (κ1) is 9.72. The van der Waals surface area contributed by atoms with E-state index in [1.54, 1.807) is 12.1 Å². The van der Waals surface area contributed by atoms with Gasteiger partial charge in [-0.3, -0.25) is 4.79 Å². The molecule has 1 heterocycles. The number of amides is 1. The summed E-state index contributed by atoms with van der Waals surface area (Å²) in [6, 6.07) is 12.8. The fourth-order valence-corrected chi connectivity index (χ4v) is 1.89. The molecule has 84 valence electrons. The summed E-state index contributed by atoms with van der Waals surface area (Å²) in [6.07, 6.45) is 0. The van der Waals surface area contributed by atoms with Crippen molar-refractivity contribution in [3.05, 3.63) is 48.0 Å². The predicted octanol–water partition coefficient (Wildman–Crippen LogP) is 2.58. The van der Waals surface area contributed by atoms with E-state index >= 15 is 0 Å². The summed E-state index contributed by atoms with van der Waals surface area (Å²) in [4.78, 5) is 12.0. The number of nitrogen functional groups attached to an aromatic ring is 1. The second-order valence-electron chi connectivity index (χ2n) is 3.93. The Balaban J connectivity index is 2.17. The lowest BCUT2D eigenvalue weighted by molar-refractivity contribution is 0.102. The van der Waals surface area contributed by atoms with E-state index in [2.05, 4.69) is 10.6 Å². The number of para-hydroxylation sites is 2. The molecule has 0 aliphatic carbocycles. The second kappa shape index (κ2) is 3.52. The Bertz CT molecular complexity index is 607.